The number of hydrogen-bond acceptors (Lipinski definition) is 7. The summed E-state index contributed by atoms with van der Waals surface area (Å²) < 4.78 is 35.1. The highest BCUT2D eigenvalue weighted by Gasteiger charge is 2.38. The molecule has 206 valence electrons. The largest absolute Gasteiger partial charge is 0.464 e. The number of amides is 1. The maximum atomic E-state index is 14.0. The predicted octanol–water partition coefficient (Wildman–Crippen LogP) is 2.55. The van der Waals surface area contributed by atoms with Crippen molar-refractivity contribution in [2.24, 2.45) is 0 Å². The molecule has 10 heteroatoms. The van der Waals surface area contributed by atoms with E-state index in [1.54, 1.807) is 43.3 Å². The molecule has 0 saturated heterocycles. The van der Waals surface area contributed by atoms with Gasteiger partial charge in [-0.1, -0.05) is 29.8 Å². The minimum absolute atomic E-state index is 0.00992. The second-order valence-corrected chi connectivity index (χ2v) is 11.8. The second kappa shape index (κ2) is 12.1. The molecule has 0 spiro atoms. The molecule has 2 atom stereocenters. The van der Waals surface area contributed by atoms with E-state index in [9.17, 15) is 23.3 Å². The van der Waals surface area contributed by atoms with Gasteiger partial charge in [0, 0.05) is 19.6 Å². The molecule has 2 aromatic carbocycles. The van der Waals surface area contributed by atoms with Crippen LogP contribution in [0.4, 0.5) is 0 Å². The van der Waals surface area contributed by atoms with Crippen molar-refractivity contribution >= 4 is 21.9 Å². The van der Waals surface area contributed by atoms with Crippen LogP contribution >= 0.6 is 0 Å². The molecule has 4 rings (SSSR count). The minimum Gasteiger partial charge on any atom is -0.464 e. The molecule has 0 fully saturated rings. The molecule has 0 unspecified atom stereocenters. The van der Waals surface area contributed by atoms with Crippen LogP contribution in [0, 0.1) is 11.3 Å². The van der Waals surface area contributed by atoms with Crippen molar-refractivity contribution in [1.82, 2.24) is 14.5 Å². The van der Waals surface area contributed by atoms with Gasteiger partial charge in [-0.2, -0.15) is 9.98 Å². The summed E-state index contributed by atoms with van der Waals surface area (Å²) in [5, 5.41) is 9.33. The molecule has 0 aromatic heterocycles. The number of sulfonamides is 1. The molecule has 9 nitrogen and oxygen atoms in total. The molecule has 0 saturated carbocycles. The second-order valence-electron chi connectivity index (χ2n) is 10.1. The fraction of sp³-hybridized carbons (Fsp3) is 0.414. The summed E-state index contributed by atoms with van der Waals surface area (Å²) in [5.74, 6) is -1.05. The molecule has 2 aliphatic rings. The summed E-state index contributed by atoms with van der Waals surface area (Å²) in [4.78, 5) is 30.3. The smallest absolute Gasteiger partial charge is 0.329 e. The van der Waals surface area contributed by atoms with Gasteiger partial charge in [-0.25, -0.2) is 13.2 Å². The number of carbonyl (C=O) groups is 2. The van der Waals surface area contributed by atoms with Crippen molar-refractivity contribution in [1.29, 1.82) is 5.26 Å². The molecule has 1 amide bonds. The number of nitrogens with zero attached hydrogens (tertiary/aromatic N) is 3. The molecule has 0 bridgehead atoms. The summed E-state index contributed by atoms with van der Waals surface area (Å²) in [5.41, 5.74) is 4.03. The van der Waals surface area contributed by atoms with Gasteiger partial charge in [-0.05, 0) is 81.1 Å². The van der Waals surface area contributed by atoms with Crippen molar-refractivity contribution in [3.8, 4) is 6.07 Å². The SMILES string of the molecule is CCOC(=O)[C@H]1CC(C)=CCN1C(=O)[C@H](Cc1cccc(C#N)c1)NS(=O)(=O)c1ccc2c(c1)CN(C)CC2. The van der Waals surface area contributed by atoms with Gasteiger partial charge in [0.15, 0.2) is 0 Å². The standard InChI is InChI=1S/C29H34N4O5S/c1-4-38-29(35)27-14-20(2)10-13-33(27)28(34)26(16-21-6-5-7-22(15-21)18-30)31-39(36,37)25-9-8-23-11-12-32(3)19-24(23)17-25/h5-10,15,17,26-27,31H,4,11-14,16,19H2,1-3H3/t26-,27+/m0/s1. The average molecular weight is 551 g/mol. The fourth-order valence-electron chi connectivity index (χ4n) is 5.05. The van der Waals surface area contributed by atoms with Crippen LogP contribution in [0.3, 0.4) is 0 Å². The van der Waals surface area contributed by atoms with Gasteiger partial charge in [0.05, 0.1) is 23.1 Å². The Morgan fingerprint density at radius 2 is 2.00 bits per heavy atom. The topological polar surface area (TPSA) is 120 Å². The first-order valence-electron chi connectivity index (χ1n) is 13.1. The minimum atomic E-state index is -4.10. The molecule has 39 heavy (non-hydrogen) atoms. The number of carbonyl (C=O) groups excluding carboxylic acids is 2. The van der Waals surface area contributed by atoms with Crippen molar-refractivity contribution in [3.05, 3.63) is 76.4 Å². The highest BCUT2D eigenvalue weighted by molar-refractivity contribution is 7.89. The Hall–Kier alpha value is -3.52. The van der Waals surface area contributed by atoms with Gasteiger partial charge < -0.3 is 14.5 Å². The summed E-state index contributed by atoms with van der Waals surface area (Å²) in [6.07, 6.45) is 3.02. The lowest BCUT2D eigenvalue weighted by molar-refractivity contribution is -0.155. The van der Waals surface area contributed by atoms with E-state index >= 15 is 0 Å². The van der Waals surface area contributed by atoms with Gasteiger partial charge in [0.2, 0.25) is 15.9 Å². The third kappa shape index (κ3) is 6.74. The number of fused-ring (bicyclic) bond motifs is 1. The van der Waals surface area contributed by atoms with Gasteiger partial charge in [0.1, 0.15) is 12.1 Å². The van der Waals surface area contributed by atoms with Crippen LogP contribution < -0.4 is 4.72 Å². The number of nitrogens with one attached hydrogen (secondary N) is 1. The van der Waals surface area contributed by atoms with Crippen LogP contribution in [-0.4, -0.2) is 68.9 Å². The van der Waals surface area contributed by atoms with Crippen LogP contribution in [-0.2, 0) is 43.7 Å². The lowest BCUT2D eigenvalue weighted by Gasteiger charge is -2.35. The monoisotopic (exact) mass is 550 g/mol. The third-order valence-corrected chi connectivity index (χ3v) is 8.62. The van der Waals surface area contributed by atoms with Crippen molar-refractivity contribution < 1.29 is 22.7 Å². The quantitative estimate of drug-likeness (QED) is 0.396. The van der Waals surface area contributed by atoms with E-state index in [4.69, 9.17) is 4.74 Å². The normalized spacial score (nSPS) is 18.5. The molecular weight excluding hydrogens is 516 g/mol. The molecule has 2 aromatic rings. The van der Waals surface area contributed by atoms with E-state index in [1.165, 1.54) is 4.90 Å². The van der Waals surface area contributed by atoms with E-state index < -0.39 is 34.0 Å². The van der Waals surface area contributed by atoms with E-state index in [2.05, 4.69) is 15.7 Å². The zero-order valence-electron chi connectivity index (χ0n) is 22.5. The van der Waals surface area contributed by atoms with E-state index in [1.807, 2.05) is 26.1 Å². The maximum absolute atomic E-state index is 14.0. The van der Waals surface area contributed by atoms with E-state index in [0.717, 1.165) is 29.7 Å². The number of esters is 1. The third-order valence-electron chi connectivity index (χ3n) is 7.15. The summed E-state index contributed by atoms with van der Waals surface area (Å²) in [6.45, 7) is 5.46. The molecule has 2 heterocycles. The summed E-state index contributed by atoms with van der Waals surface area (Å²) >= 11 is 0. The molecular formula is C29H34N4O5S. The summed E-state index contributed by atoms with van der Waals surface area (Å²) in [6, 6.07) is 11.8. The highest BCUT2D eigenvalue weighted by atomic mass is 32.2. The summed E-state index contributed by atoms with van der Waals surface area (Å²) in [7, 11) is -2.11. The first-order valence-corrected chi connectivity index (χ1v) is 14.5. The van der Waals surface area contributed by atoms with Crippen LogP contribution in [0.1, 0.15) is 42.5 Å². The van der Waals surface area contributed by atoms with E-state index in [0.29, 0.717) is 24.1 Å². The van der Waals surface area contributed by atoms with Crippen molar-refractivity contribution in [2.75, 3.05) is 26.7 Å². The number of benzene rings is 2. The molecule has 0 radical (unpaired) electrons. The Morgan fingerprint density at radius 3 is 2.74 bits per heavy atom. The van der Waals surface area contributed by atoms with Crippen LogP contribution in [0.25, 0.3) is 0 Å². The first-order chi connectivity index (χ1) is 18.6. The van der Waals surface area contributed by atoms with Gasteiger partial charge in [-0.3, -0.25) is 4.79 Å². The molecule has 1 N–H and O–H groups in total. The van der Waals surface area contributed by atoms with Gasteiger partial charge >= 0.3 is 5.97 Å². The Morgan fingerprint density at radius 1 is 1.21 bits per heavy atom. The van der Waals surface area contributed by atoms with Crippen molar-refractivity contribution in [2.45, 2.75) is 56.6 Å². The van der Waals surface area contributed by atoms with Gasteiger partial charge in [-0.15, -0.1) is 0 Å². The number of hydrogen-bond donors (Lipinski definition) is 1. The Labute approximate surface area is 230 Å². The Bertz CT molecular complexity index is 1430. The number of likely N-dealkylation sites (N-methyl/N-ethyl adjacent to an activating group) is 1. The lowest BCUT2D eigenvalue weighted by Crippen LogP contribution is -2.56. The maximum Gasteiger partial charge on any atom is 0.329 e. The highest BCUT2D eigenvalue weighted by Crippen LogP contribution is 2.24. The average Bonchev–Trinajstić information content (AvgIpc) is 2.92. The molecule has 0 aliphatic carbocycles. The van der Waals surface area contributed by atoms with E-state index in [-0.39, 0.29) is 24.5 Å². The number of rotatable bonds is 8. The Balaban J connectivity index is 1.68. The van der Waals surface area contributed by atoms with Gasteiger partial charge in [0.25, 0.3) is 0 Å². The number of nitriles is 1. The van der Waals surface area contributed by atoms with Crippen LogP contribution in [0.2, 0.25) is 0 Å². The van der Waals surface area contributed by atoms with Crippen molar-refractivity contribution in [3.63, 3.8) is 0 Å². The fourth-order valence-corrected chi connectivity index (χ4v) is 6.29. The predicted molar refractivity (Wildman–Crippen MR) is 146 cm³/mol. The number of ether oxygens (including phenoxy) is 1. The Kier molecular flexibility index (Phi) is 8.85. The lowest BCUT2D eigenvalue weighted by atomic mass is 9.98. The first kappa shape index (κ1) is 28.5. The van der Waals surface area contributed by atoms with Crippen LogP contribution in [0.15, 0.2) is 59.0 Å². The van der Waals surface area contributed by atoms with Crippen LogP contribution in [0.5, 0.6) is 0 Å². The molecule has 2 aliphatic heterocycles. The zero-order chi connectivity index (χ0) is 28.2. The zero-order valence-corrected chi connectivity index (χ0v) is 23.3.